The van der Waals surface area contributed by atoms with Crippen molar-refractivity contribution in [2.45, 2.75) is 38.8 Å². The van der Waals surface area contributed by atoms with Gasteiger partial charge in [-0.15, -0.1) is 0 Å². The Kier molecular flexibility index (Phi) is 7.86. The van der Waals surface area contributed by atoms with E-state index in [2.05, 4.69) is 15.1 Å². The molecular formula is C23H36N4O3. The molecule has 30 heavy (non-hydrogen) atoms. The highest BCUT2D eigenvalue weighted by Crippen LogP contribution is 2.25. The largest absolute Gasteiger partial charge is 0.378 e. The monoisotopic (exact) mass is 416 g/mol. The Morgan fingerprint density at radius 3 is 2.37 bits per heavy atom. The lowest BCUT2D eigenvalue weighted by Gasteiger charge is -2.36. The highest BCUT2D eigenvalue weighted by molar-refractivity contribution is 5.83. The SMILES string of the molecule is CC(C)(C)NC(=O)CN1CCCN([C@@H](C(=O)N2CCOCC2)c2ccccc2)CC1. The molecule has 1 atom stereocenters. The number of amides is 2. The number of nitrogens with one attached hydrogen (secondary N) is 1. The first-order chi connectivity index (χ1) is 14.3. The maximum atomic E-state index is 13.5. The summed E-state index contributed by atoms with van der Waals surface area (Å²) in [5.74, 6) is 0.211. The van der Waals surface area contributed by atoms with E-state index in [0.29, 0.717) is 32.8 Å². The summed E-state index contributed by atoms with van der Waals surface area (Å²) in [4.78, 5) is 32.2. The Morgan fingerprint density at radius 1 is 1.00 bits per heavy atom. The van der Waals surface area contributed by atoms with Gasteiger partial charge in [0.05, 0.1) is 19.8 Å². The van der Waals surface area contributed by atoms with Crippen molar-refractivity contribution >= 4 is 11.8 Å². The molecule has 0 radical (unpaired) electrons. The second-order valence-corrected chi connectivity index (χ2v) is 9.21. The summed E-state index contributed by atoms with van der Waals surface area (Å²) in [6, 6.07) is 9.78. The van der Waals surface area contributed by atoms with Crippen molar-refractivity contribution in [3.63, 3.8) is 0 Å². The Morgan fingerprint density at radius 2 is 1.70 bits per heavy atom. The van der Waals surface area contributed by atoms with Crippen molar-refractivity contribution in [1.82, 2.24) is 20.0 Å². The number of benzene rings is 1. The lowest BCUT2D eigenvalue weighted by molar-refractivity contribution is -0.141. The topological polar surface area (TPSA) is 65.1 Å². The predicted octanol–water partition coefficient (Wildman–Crippen LogP) is 1.51. The van der Waals surface area contributed by atoms with Crippen LogP contribution in [0.1, 0.15) is 38.8 Å². The van der Waals surface area contributed by atoms with E-state index in [1.165, 1.54) is 0 Å². The maximum Gasteiger partial charge on any atom is 0.244 e. The van der Waals surface area contributed by atoms with Crippen molar-refractivity contribution in [2.75, 3.05) is 59.0 Å². The fraction of sp³-hybridized carbons (Fsp3) is 0.652. The summed E-state index contributed by atoms with van der Waals surface area (Å²) in [6.45, 7) is 12.1. The summed E-state index contributed by atoms with van der Waals surface area (Å²) in [5, 5.41) is 3.04. The van der Waals surface area contributed by atoms with Crippen molar-refractivity contribution < 1.29 is 14.3 Å². The first-order valence-corrected chi connectivity index (χ1v) is 11.0. The van der Waals surface area contributed by atoms with Crippen molar-refractivity contribution in [3.05, 3.63) is 35.9 Å². The number of rotatable bonds is 5. The van der Waals surface area contributed by atoms with Gasteiger partial charge >= 0.3 is 0 Å². The number of ether oxygens (including phenoxy) is 1. The molecule has 0 saturated carbocycles. The number of carbonyl (C=O) groups excluding carboxylic acids is 2. The predicted molar refractivity (Wildman–Crippen MR) is 117 cm³/mol. The summed E-state index contributed by atoms with van der Waals surface area (Å²) >= 11 is 0. The normalized spacial score (nSPS) is 20.4. The first kappa shape index (κ1) is 22.7. The zero-order chi connectivity index (χ0) is 21.6. The average Bonchev–Trinajstić information content (AvgIpc) is 2.94. The van der Waals surface area contributed by atoms with E-state index >= 15 is 0 Å². The van der Waals surface area contributed by atoms with Crippen LogP contribution in [0.3, 0.4) is 0 Å². The van der Waals surface area contributed by atoms with Gasteiger partial charge in [-0.25, -0.2) is 0 Å². The van der Waals surface area contributed by atoms with Gasteiger partial charge in [0.15, 0.2) is 0 Å². The molecule has 0 aromatic heterocycles. The molecule has 0 bridgehead atoms. The van der Waals surface area contributed by atoms with E-state index in [0.717, 1.165) is 38.2 Å². The molecule has 0 spiro atoms. The van der Waals surface area contributed by atoms with Crippen molar-refractivity contribution in [2.24, 2.45) is 0 Å². The Balaban J connectivity index is 1.68. The Labute approximate surface area is 180 Å². The van der Waals surface area contributed by atoms with Gasteiger partial charge in [0.25, 0.3) is 0 Å². The fourth-order valence-corrected chi connectivity index (χ4v) is 4.17. The molecule has 0 unspecified atom stereocenters. The zero-order valence-electron chi connectivity index (χ0n) is 18.6. The number of nitrogens with zero attached hydrogens (tertiary/aromatic N) is 3. The fourth-order valence-electron chi connectivity index (χ4n) is 4.17. The summed E-state index contributed by atoms with van der Waals surface area (Å²) in [6.07, 6.45) is 0.933. The van der Waals surface area contributed by atoms with Gasteiger partial charge < -0.3 is 15.0 Å². The van der Waals surface area contributed by atoms with E-state index in [9.17, 15) is 9.59 Å². The van der Waals surface area contributed by atoms with Gasteiger partial charge in [-0.3, -0.25) is 19.4 Å². The molecule has 2 aliphatic rings. The van der Waals surface area contributed by atoms with Gasteiger partial charge in [-0.1, -0.05) is 30.3 Å². The van der Waals surface area contributed by atoms with Gasteiger partial charge in [0.2, 0.25) is 11.8 Å². The highest BCUT2D eigenvalue weighted by atomic mass is 16.5. The van der Waals surface area contributed by atoms with Crippen LogP contribution in [-0.4, -0.2) is 91.1 Å². The number of morpholine rings is 1. The van der Waals surface area contributed by atoms with E-state index in [-0.39, 0.29) is 23.4 Å². The van der Waals surface area contributed by atoms with E-state index in [1.54, 1.807) is 0 Å². The molecule has 2 aliphatic heterocycles. The lowest BCUT2D eigenvalue weighted by atomic mass is 10.0. The first-order valence-electron chi connectivity index (χ1n) is 11.0. The maximum absolute atomic E-state index is 13.5. The molecule has 7 nitrogen and oxygen atoms in total. The second kappa shape index (κ2) is 10.4. The van der Waals surface area contributed by atoms with Gasteiger partial charge in [0, 0.05) is 38.3 Å². The highest BCUT2D eigenvalue weighted by Gasteiger charge is 2.33. The molecule has 0 aliphatic carbocycles. The third-order valence-electron chi connectivity index (χ3n) is 5.54. The standard InChI is InChI=1S/C23H36N4O3/c1-23(2,3)24-20(28)18-25-10-7-11-26(13-12-25)21(19-8-5-4-6-9-19)22(29)27-14-16-30-17-15-27/h4-6,8-9,21H,7,10-18H2,1-3H3,(H,24,28)/t21-/m1/s1. The van der Waals surface area contributed by atoms with E-state index in [4.69, 9.17) is 4.74 Å². The number of hydrogen-bond donors (Lipinski definition) is 1. The molecule has 3 rings (SSSR count). The molecule has 1 aromatic carbocycles. The molecule has 2 fully saturated rings. The van der Waals surface area contributed by atoms with Crippen LogP contribution in [0.15, 0.2) is 30.3 Å². The van der Waals surface area contributed by atoms with Crippen LogP contribution in [0.5, 0.6) is 0 Å². The van der Waals surface area contributed by atoms with Crippen molar-refractivity contribution in [3.8, 4) is 0 Å². The Bertz CT molecular complexity index is 698. The third kappa shape index (κ3) is 6.52. The minimum Gasteiger partial charge on any atom is -0.378 e. The summed E-state index contributed by atoms with van der Waals surface area (Å²) in [5.41, 5.74) is 0.811. The van der Waals surface area contributed by atoms with E-state index < -0.39 is 0 Å². The summed E-state index contributed by atoms with van der Waals surface area (Å²) < 4.78 is 5.43. The Hall–Kier alpha value is -1.96. The molecule has 166 valence electrons. The van der Waals surface area contributed by atoms with Gasteiger partial charge in [-0.05, 0) is 39.3 Å². The summed E-state index contributed by atoms with van der Waals surface area (Å²) in [7, 11) is 0. The quantitative estimate of drug-likeness (QED) is 0.788. The van der Waals surface area contributed by atoms with Gasteiger partial charge in [-0.2, -0.15) is 0 Å². The van der Waals surface area contributed by atoms with Crippen molar-refractivity contribution in [1.29, 1.82) is 0 Å². The molecule has 2 saturated heterocycles. The minimum atomic E-state index is -0.285. The zero-order valence-corrected chi connectivity index (χ0v) is 18.6. The van der Waals surface area contributed by atoms with Crippen LogP contribution in [0.2, 0.25) is 0 Å². The smallest absolute Gasteiger partial charge is 0.244 e. The third-order valence-corrected chi connectivity index (χ3v) is 5.54. The molecule has 1 N–H and O–H groups in total. The molecule has 1 aromatic rings. The average molecular weight is 417 g/mol. The van der Waals surface area contributed by atoms with Crippen LogP contribution in [0.25, 0.3) is 0 Å². The van der Waals surface area contributed by atoms with Crippen LogP contribution in [-0.2, 0) is 14.3 Å². The van der Waals surface area contributed by atoms with Gasteiger partial charge in [0.1, 0.15) is 6.04 Å². The van der Waals surface area contributed by atoms with Crippen LogP contribution in [0.4, 0.5) is 0 Å². The van der Waals surface area contributed by atoms with Crippen LogP contribution >= 0.6 is 0 Å². The number of hydrogen-bond acceptors (Lipinski definition) is 5. The van der Waals surface area contributed by atoms with E-state index in [1.807, 2.05) is 56.0 Å². The molecule has 2 amide bonds. The molecule has 7 heteroatoms. The molecule has 2 heterocycles. The van der Waals surface area contributed by atoms with Crippen LogP contribution < -0.4 is 5.32 Å². The number of carbonyl (C=O) groups is 2. The molecular weight excluding hydrogens is 380 g/mol. The van der Waals surface area contributed by atoms with Crippen LogP contribution in [0, 0.1) is 0 Å². The second-order valence-electron chi connectivity index (χ2n) is 9.21. The minimum absolute atomic E-state index is 0.0555. The lowest BCUT2D eigenvalue weighted by Crippen LogP contribution is -2.48.